The first-order valence-corrected chi connectivity index (χ1v) is 7.72. The minimum Gasteiger partial charge on any atom is -0.494 e. The SMILES string of the molecule is CC(C)NCC(CCOc1ccccc1)c1ccccc1. The second-order valence-electron chi connectivity index (χ2n) is 5.62. The van der Waals surface area contributed by atoms with Crippen molar-refractivity contribution >= 4 is 0 Å². The molecule has 2 aromatic rings. The van der Waals surface area contributed by atoms with Gasteiger partial charge in [0.15, 0.2) is 0 Å². The lowest BCUT2D eigenvalue weighted by molar-refractivity contribution is 0.294. The molecule has 2 nitrogen and oxygen atoms in total. The van der Waals surface area contributed by atoms with Gasteiger partial charge in [-0.1, -0.05) is 62.4 Å². The van der Waals surface area contributed by atoms with Gasteiger partial charge in [-0.3, -0.25) is 0 Å². The Morgan fingerprint density at radius 1 is 0.905 bits per heavy atom. The van der Waals surface area contributed by atoms with E-state index in [9.17, 15) is 0 Å². The molecule has 1 unspecified atom stereocenters. The fourth-order valence-electron chi connectivity index (χ4n) is 2.33. The largest absolute Gasteiger partial charge is 0.494 e. The van der Waals surface area contributed by atoms with Gasteiger partial charge in [-0.05, 0) is 30.0 Å². The molecular weight excluding hydrogens is 258 g/mol. The van der Waals surface area contributed by atoms with Crippen LogP contribution >= 0.6 is 0 Å². The van der Waals surface area contributed by atoms with Gasteiger partial charge in [-0.15, -0.1) is 0 Å². The van der Waals surface area contributed by atoms with Crippen LogP contribution in [0.5, 0.6) is 5.75 Å². The summed E-state index contributed by atoms with van der Waals surface area (Å²) in [5, 5.41) is 3.54. The zero-order valence-electron chi connectivity index (χ0n) is 13.0. The molecule has 1 atom stereocenters. The van der Waals surface area contributed by atoms with Crippen LogP contribution in [0.4, 0.5) is 0 Å². The molecule has 112 valence electrons. The molecule has 0 amide bonds. The zero-order chi connectivity index (χ0) is 14.9. The third-order valence-electron chi connectivity index (χ3n) is 3.52. The molecule has 0 aliphatic carbocycles. The number of hydrogen-bond donors (Lipinski definition) is 1. The molecule has 0 saturated carbocycles. The van der Waals surface area contributed by atoms with Crippen molar-refractivity contribution in [2.45, 2.75) is 32.2 Å². The van der Waals surface area contributed by atoms with E-state index >= 15 is 0 Å². The molecule has 21 heavy (non-hydrogen) atoms. The third kappa shape index (κ3) is 5.60. The van der Waals surface area contributed by atoms with Gasteiger partial charge in [0.2, 0.25) is 0 Å². The molecule has 0 aliphatic heterocycles. The number of para-hydroxylation sites is 1. The molecule has 0 fully saturated rings. The maximum absolute atomic E-state index is 5.84. The smallest absolute Gasteiger partial charge is 0.119 e. The normalized spacial score (nSPS) is 12.3. The lowest BCUT2D eigenvalue weighted by Crippen LogP contribution is -2.28. The number of rotatable bonds is 8. The van der Waals surface area contributed by atoms with Crippen LogP contribution in [0, 0.1) is 0 Å². The molecule has 0 bridgehead atoms. The Hall–Kier alpha value is -1.80. The Labute approximate surface area is 128 Å². The van der Waals surface area contributed by atoms with Crippen molar-refractivity contribution in [3.63, 3.8) is 0 Å². The second-order valence-corrected chi connectivity index (χ2v) is 5.62. The van der Waals surface area contributed by atoms with Crippen molar-refractivity contribution in [2.24, 2.45) is 0 Å². The number of benzene rings is 2. The molecule has 0 radical (unpaired) electrons. The standard InChI is InChI=1S/C19H25NO/c1-16(2)20-15-18(17-9-5-3-6-10-17)13-14-21-19-11-7-4-8-12-19/h3-12,16,18,20H,13-15H2,1-2H3. The fraction of sp³-hybridized carbons (Fsp3) is 0.368. The third-order valence-corrected chi connectivity index (χ3v) is 3.52. The van der Waals surface area contributed by atoms with Gasteiger partial charge < -0.3 is 10.1 Å². The number of nitrogens with one attached hydrogen (secondary N) is 1. The molecule has 0 heterocycles. The summed E-state index contributed by atoms with van der Waals surface area (Å²) >= 11 is 0. The molecule has 0 aliphatic rings. The predicted octanol–water partition coefficient (Wildman–Crippen LogP) is 4.24. The van der Waals surface area contributed by atoms with Gasteiger partial charge >= 0.3 is 0 Å². The number of ether oxygens (including phenoxy) is 1. The highest BCUT2D eigenvalue weighted by Crippen LogP contribution is 2.20. The average molecular weight is 283 g/mol. The van der Waals surface area contributed by atoms with E-state index in [1.54, 1.807) is 0 Å². The monoisotopic (exact) mass is 283 g/mol. The molecule has 2 rings (SSSR count). The predicted molar refractivity (Wildman–Crippen MR) is 88.9 cm³/mol. The second kappa shape index (κ2) is 8.48. The lowest BCUT2D eigenvalue weighted by atomic mass is 9.96. The highest BCUT2D eigenvalue weighted by molar-refractivity contribution is 5.22. The van der Waals surface area contributed by atoms with Gasteiger partial charge in [0.05, 0.1) is 6.61 Å². The molecule has 0 spiro atoms. The summed E-state index contributed by atoms with van der Waals surface area (Å²) < 4.78 is 5.84. The summed E-state index contributed by atoms with van der Waals surface area (Å²) in [5.41, 5.74) is 1.38. The van der Waals surface area contributed by atoms with Crippen LogP contribution in [-0.4, -0.2) is 19.2 Å². The maximum Gasteiger partial charge on any atom is 0.119 e. The van der Waals surface area contributed by atoms with E-state index in [0.29, 0.717) is 12.0 Å². The minimum atomic E-state index is 0.484. The van der Waals surface area contributed by atoms with Gasteiger partial charge in [0, 0.05) is 12.6 Å². The van der Waals surface area contributed by atoms with E-state index in [1.165, 1.54) is 5.56 Å². The van der Waals surface area contributed by atoms with Gasteiger partial charge in [0.25, 0.3) is 0 Å². The summed E-state index contributed by atoms with van der Waals surface area (Å²) in [6.45, 7) is 6.09. The Morgan fingerprint density at radius 2 is 1.52 bits per heavy atom. The van der Waals surface area contributed by atoms with Gasteiger partial charge in [0.1, 0.15) is 5.75 Å². The molecule has 1 N–H and O–H groups in total. The summed E-state index contributed by atoms with van der Waals surface area (Å²) in [6, 6.07) is 21.2. The van der Waals surface area contributed by atoms with Gasteiger partial charge in [-0.25, -0.2) is 0 Å². The zero-order valence-corrected chi connectivity index (χ0v) is 13.0. The molecule has 0 saturated heterocycles. The highest BCUT2D eigenvalue weighted by Gasteiger charge is 2.12. The van der Waals surface area contributed by atoms with Crippen molar-refractivity contribution in [1.29, 1.82) is 0 Å². The summed E-state index contributed by atoms with van der Waals surface area (Å²) in [4.78, 5) is 0. The van der Waals surface area contributed by atoms with Crippen molar-refractivity contribution in [1.82, 2.24) is 5.32 Å². The van der Waals surface area contributed by atoms with Crippen molar-refractivity contribution in [3.05, 3.63) is 66.2 Å². The van der Waals surface area contributed by atoms with Crippen LogP contribution in [0.15, 0.2) is 60.7 Å². The quantitative estimate of drug-likeness (QED) is 0.782. The average Bonchev–Trinajstić information content (AvgIpc) is 2.52. The summed E-state index contributed by atoms with van der Waals surface area (Å²) in [5.74, 6) is 1.43. The van der Waals surface area contributed by atoms with Crippen LogP contribution < -0.4 is 10.1 Å². The van der Waals surface area contributed by atoms with Crippen LogP contribution in [0.3, 0.4) is 0 Å². The summed E-state index contributed by atoms with van der Waals surface area (Å²) in [6.07, 6.45) is 1.01. The first kappa shape index (κ1) is 15.6. The highest BCUT2D eigenvalue weighted by atomic mass is 16.5. The molecular formula is C19H25NO. The van der Waals surface area contributed by atoms with Crippen LogP contribution in [0.25, 0.3) is 0 Å². The first-order chi connectivity index (χ1) is 10.3. The van der Waals surface area contributed by atoms with E-state index in [1.807, 2.05) is 30.3 Å². The Kier molecular flexibility index (Phi) is 6.29. The Bertz CT molecular complexity index is 495. The Morgan fingerprint density at radius 3 is 2.14 bits per heavy atom. The first-order valence-electron chi connectivity index (χ1n) is 7.72. The van der Waals surface area contributed by atoms with Crippen LogP contribution in [0.1, 0.15) is 31.7 Å². The van der Waals surface area contributed by atoms with E-state index < -0.39 is 0 Å². The topological polar surface area (TPSA) is 21.3 Å². The molecule has 2 heteroatoms. The van der Waals surface area contributed by atoms with E-state index in [2.05, 4.69) is 49.5 Å². The fourth-order valence-corrected chi connectivity index (χ4v) is 2.33. The molecule has 2 aromatic carbocycles. The van der Waals surface area contributed by atoms with E-state index in [-0.39, 0.29) is 0 Å². The summed E-state index contributed by atoms with van der Waals surface area (Å²) in [7, 11) is 0. The molecule has 0 aromatic heterocycles. The van der Waals surface area contributed by atoms with Gasteiger partial charge in [-0.2, -0.15) is 0 Å². The van der Waals surface area contributed by atoms with Crippen molar-refractivity contribution in [3.8, 4) is 5.75 Å². The van der Waals surface area contributed by atoms with E-state index in [0.717, 1.165) is 25.3 Å². The maximum atomic E-state index is 5.84. The van der Waals surface area contributed by atoms with Crippen molar-refractivity contribution in [2.75, 3.05) is 13.2 Å². The lowest BCUT2D eigenvalue weighted by Gasteiger charge is -2.20. The van der Waals surface area contributed by atoms with E-state index in [4.69, 9.17) is 4.74 Å². The van der Waals surface area contributed by atoms with Crippen molar-refractivity contribution < 1.29 is 4.74 Å². The number of hydrogen-bond acceptors (Lipinski definition) is 2. The Balaban J connectivity index is 1.89. The minimum absolute atomic E-state index is 0.484. The van der Waals surface area contributed by atoms with Crippen LogP contribution in [-0.2, 0) is 0 Å². The van der Waals surface area contributed by atoms with Crippen LogP contribution in [0.2, 0.25) is 0 Å².